The number of anilines is 1. The van der Waals surface area contributed by atoms with Crippen LogP contribution in [0.5, 0.6) is 0 Å². The summed E-state index contributed by atoms with van der Waals surface area (Å²) >= 11 is 0. The van der Waals surface area contributed by atoms with Gasteiger partial charge in [-0.1, -0.05) is 30.3 Å². The van der Waals surface area contributed by atoms with Crippen molar-refractivity contribution in [2.75, 3.05) is 11.4 Å². The molecule has 1 fully saturated rings. The van der Waals surface area contributed by atoms with Crippen molar-refractivity contribution in [3.05, 3.63) is 48.4 Å². The molecule has 0 aliphatic carbocycles. The van der Waals surface area contributed by atoms with Crippen molar-refractivity contribution < 1.29 is 0 Å². The lowest BCUT2D eigenvalue weighted by Gasteiger charge is -2.26. The molecule has 24 heavy (non-hydrogen) atoms. The third-order valence-corrected chi connectivity index (χ3v) is 4.56. The lowest BCUT2D eigenvalue weighted by atomic mass is 10.0. The van der Waals surface area contributed by atoms with Gasteiger partial charge in [0.05, 0.1) is 36.7 Å². The molecule has 1 atom stereocenters. The SMILES string of the molecule is N#CCCn1ncc2c(N3CCC[C@H]3c3ccccc3)ncnc21. The van der Waals surface area contributed by atoms with Crippen LogP contribution in [0.4, 0.5) is 5.82 Å². The molecular formula is C18H18N6. The van der Waals surface area contributed by atoms with Crippen LogP contribution in [0.1, 0.15) is 30.9 Å². The van der Waals surface area contributed by atoms with Gasteiger partial charge in [0.2, 0.25) is 0 Å². The molecule has 0 saturated carbocycles. The van der Waals surface area contributed by atoms with Gasteiger partial charge >= 0.3 is 0 Å². The summed E-state index contributed by atoms with van der Waals surface area (Å²) in [6.07, 6.45) is 6.11. The van der Waals surface area contributed by atoms with Gasteiger partial charge in [0, 0.05) is 6.54 Å². The van der Waals surface area contributed by atoms with E-state index in [-0.39, 0.29) is 0 Å². The fourth-order valence-corrected chi connectivity index (χ4v) is 3.47. The van der Waals surface area contributed by atoms with Crippen LogP contribution < -0.4 is 4.90 Å². The van der Waals surface area contributed by atoms with E-state index in [0.717, 1.165) is 36.2 Å². The first-order valence-corrected chi connectivity index (χ1v) is 8.23. The Morgan fingerprint density at radius 2 is 2.08 bits per heavy atom. The quantitative estimate of drug-likeness (QED) is 0.739. The lowest BCUT2D eigenvalue weighted by Crippen LogP contribution is -2.23. The molecular weight excluding hydrogens is 300 g/mol. The van der Waals surface area contributed by atoms with Crippen molar-refractivity contribution >= 4 is 16.9 Å². The number of aromatic nitrogens is 4. The van der Waals surface area contributed by atoms with Crippen LogP contribution in [0.25, 0.3) is 11.0 Å². The van der Waals surface area contributed by atoms with Crippen molar-refractivity contribution in [2.24, 2.45) is 0 Å². The minimum Gasteiger partial charge on any atom is -0.349 e. The predicted octanol–water partition coefficient (Wildman–Crippen LogP) is 3.08. The molecule has 120 valence electrons. The molecule has 3 heterocycles. The lowest BCUT2D eigenvalue weighted by molar-refractivity contribution is 0.643. The van der Waals surface area contributed by atoms with Gasteiger partial charge in [0.25, 0.3) is 0 Å². The predicted molar refractivity (Wildman–Crippen MR) is 91.3 cm³/mol. The highest BCUT2D eigenvalue weighted by Crippen LogP contribution is 2.37. The first-order chi connectivity index (χ1) is 11.9. The Labute approximate surface area is 140 Å². The maximum Gasteiger partial charge on any atom is 0.163 e. The smallest absolute Gasteiger partial charge is 0.163 e. The molecule has 4 rings (SSSR count). The molecule has 1 aliphatic rings. The summed E-state index contributed by atoms with van der Waals surface area (Å²) < 4.78 is 1.79. The Kier molecular flexibility index (Phi) is 3.83. The van der Waals surface area contributed by atoms with Crippen molar-refractivity contribution in [2.45, 2.75) is 31.8 Å². The zero-order chi connectivity index (χ0) is 16.4. The number of aryl methyl sites for hydroxylation is 1. The zero-order valence-corrected chi connectivity index (χ0v) is 13.3. The molecule has 1 saturated heterocycles. The summed E-state index contributed by atoms with van der Waals surface area (Å²) in [6.45, 7) is 1.54. The summed E-state index contributed by atoms with van der Waals surface area (Å²) in [6, 6.07) is 13.1. The highest BCUT2D eigenvalue weighted by atomic mass is 15.3. The molecule has 0 amide bonds. The highest BCUT2D eigenvalue weighted by molar-refractivity contribution is 5.87. The second-order valence-electron chi connectivity index (χ2n) is 5.97. The van der Waals surface area contributed by atoms with Crippen LogP contribution >= 0.6 is 0 Å². The molecule has 0 spiro atoms. The number of hydrogen-bond acceptors (Lipinski definition) is 5. The highest BCUT2D eigenvalue weighted by Gasteiger charge is 2.28. The average molecular weight is 318 g/mol. The standard InChI is InChI=1S/C18H18N6/c19-9-5-11-24-18-15(12-22-24)17(20-13-21-18)23-10-4-8-16(23)14-6-2-1-3-7-14/h1-3,6-7,12-13,16H,4-5,8,10-11H2/t16-/m0/s1. The van der Waals surface area contributed by atoms with Crippen molar-refractivity contribution in [1.29, 1.82) is 5.26 Å². The van der Waals surface area contributed by atoms with E-state index in [9.17, 15) is 0 Å². The topological polar surface area (TPSA) is 70.6 Å². The summed E-state index contributed by atoms with van der Waals surface area (Å²) in [5, 5.41) is 14.1. The van der Waals surface area contributed by atoms with Crippen LogP contribution in [0.3, 0.4) is 0 Å². The Bertz CT molecular complexity index is 879. The van der Waals surface area contributed by atoms with Gasteiger partial charge in [0.15, 0.2) is 5.65 Å². The van der Waals surface area contributed by atoms with Gasteiger partial charge in [-0.15, -0.1) is 0 Å². The molecule has 0 unspecified atom stereocenters. The number of benzene rings is 1. The molecule has 0 bridgehead atoms. The minimum absolute atomic E-state index is 0.340. The van der Waals surface area contributed by atoms with Crippen molar-refractivity contribution in [3.63, 3.8) is 0 Å². The van der Waals surface area contributed by atoms with Gasteiger partial charge in [-0.2, -0.15) is 10.4 Å². The fraction of sp³-hybridized carbons (Fsp3) is 0.333. The van der Waals surface area contributed by atoms with Crippen molar-refractivity contribution in [3.8, 4) is 6.07 Å². The Balaban J connectivity index is 1.73. The third-order valence-electron chi connectivity index (χ3n) is 4.56. The van der Waals surface area contributed by atoms with Gasteiger partial charge in [-0.05, 0) is 18.4 Å². The van der Waals surface area contributed by atoms with Crippen LogP contribution in [0.2, 0.25) is 0 Å². The van der Waals surface area contributed by atoms with E-state index in [1.807, 2.05) is 12.3 Å². The van der Waals surface area contributed by atoms with Crippen LogP contribution in [-0.4, -0.2) is 26.3 Å². The average Bonchev–Trinajstić information content (AvgIpc) is 3.27. The molecule has 0 N–H and O–H groups in total. The van der Waals surface area contributed by atoms with E-state index in [0.29, 0.717) is 19.0 Å². The van der Waals surface area contributed by atoms with E-state index in [4.69, 9.17) is 5.26 Å². The Hall–Kier alpha value is -2.94. The molecule has 0 radical (unpaired) electrons. The molecule has 2 aromatic heterocycles. The molecule has 1 aromatic carbocycles. The first kappa shape index (κ1) is 14.6. The zero-order valence-electron chi connectivity index (χ0n) is 13.3. The number of hydrogen-bond donors (Lipinski definition) is 0. The molecule has 3 aromatic rings. The largest absolute Gasteiger partial charge is 0.349 e. The number of fused-ring (bicyclic) bond motifs is 1. The second-order valence-corrected chi connectivity index (χ2v) is 5.97. The second kappa shape index (κ2) is 6.28. The summed E-state index contributed by atoms with van der Waals surface area (Å²) in [5.74, 6) is 0.939. The molecule has 6 nitrogen and oxygen atoms in total. The third kappa shape index (κ3) is 2.48. The van der Waals surface area contributed by atoms with Crippen molar-refractivity contribution in [1.82, 2.24) is 19.7 Å². The van der Waals surface area contributed by atoms with Crippen LogP contribution in [-0.2, 0) is 6.54 Å². The van der Waals surface area contributed by atoms with Gasteiger partial charge in [-0.3, -0.25) is 0 Å². The molecule has 6 heteroatoms. The maximum absolute atomic E-state index is 8.79. The number of nitrogens with zero attached hydrogens (tertiary/aromatic N) is 6. The van der Waals surface area contributed by atoms with Crippen LogP contribution in [0.15, 0.2) is 42.9 Å². The van der Waals surface area contributed by atoms with Gasteiger partial charge in [-0.25, -0.2) is 14.6 Å². The minimum atomic E-state index is 0.340. The van der Waals surface area contributed by atoms with E-state index in [1.165, 1.54) is 5.56 Å². The maximum atomic E-state index is 8.79. The van der Waals surface area contributed by atoms with E-state index < -0.39 is 0 Å². The summed E-state index contributed by atoms with van der Waals surface area (Å²) in [7, 11) is 0. The van der Waals surface area contributed by atoms with E-state index >= 15 is 0 Å². The van der Waals surface area contributed by atoms with E-state index in [1.54, 1.807) is 11.0 Å². The monoisotopic (exact) mass is 318 g/mol. The fourth-order valence-electron chi connectivity index (χ4n) is 3.47. The summed E-state index contributed by atoms with van der Waals surface area (Å²) in [4.78, 5) is 11.3. The molecule has 1 aliphatic heterocycles. The number of nitriles is 1. The summed E-state index contributed by atoms with van der Waals surface area (Å²) in [5.41, 5.74) is 2.12. The number of rotatable bonds is 4. The van der Waals surface area contributed by atoms with Gasteiger partial charge < -0.3 is 4.90 Å². The first-order valence-electron chi connectivity index (χ1n) is 8.23. The van der Waals surface area contributed by atoms with Crippen LogP contribution in [0, 0.1) is 11.3 Å². The van der Waals surface area contributed by atoms with E-state index in [2.05, 4.69) is 50.3 Å². The normalized spacial score (nSPS) is 17.3. The van der Waals surface area contributed by atoms with Gasteiger partial charge in [0.1, 0.15) is 12.1 Å². The Morgan fingerprint density at radius 1 is 1.21 bits per heavy atom. The Morgan fingerprint density at radius 3 is 2.92 bits per heavy atom.